The van der Waals surface area contributed by atoms with Crippen LogP contribution in [0.4, 0.5) is 5.69 Å². The molecule has 2 aromatic rings. The first-order valence-electron chi connectivity index (χ1n) is 7.75. The second-order valence-electron chi connectivity index (χ2n) is 5.77. The van der Waals surface area contributed by atoms with Crippen molar-refractivity contribution in [1.82, 2.24) is 5.32 Å². The summed E-state index contributed by atoms with van der Waals surface area (Å²) in [7, 11) is 0. The van der Waals surface area contributed by atoms with Gasteiger partial charge in [-0.2, -0.15) is 0 Å². The maximum Gasteiger partial charge on any atom is 0.243 e. The van der Waals surface area contributed by atoms with Crippen molar-refractivity contribution in [3.8, 4) is 0 Å². The third-order valence-electron chi connectivity index (χ3n) is 3.49. The van der Waals surface area contributed by atoms with Crippen LogP contribution in [-0.4, -0.2) is 18.4 Å². The Bertz CT molecular complexity index is 666. The number of carbonyl (C=O) groups excluding carboxylic acids is 2. The van der Waals surface area contributed by atoms with Crippen LogP contribution in [-0.2, 0) is 16.0 Å². The highest BCUT2D eigenvalue weighted by atomic mass is 16.2. The molecule has 2 aromatic carbocycles. The maximum absolute atomic E-state index is 11.9. The number of amides is 2. The molecule has 0 radical (unpaired) electrons. The number of anilines is 1. The van der Waals surface area contributed by atoms with Gasteiger partial charge in [0.15, 0.2) is 0 Å². The van der Waals surface area contributed by atoms with Crippen molar-refractivity contribution in [2.24, 2.45) is 0 Å². The van der Waals surface area contributed by atoms with Crippen molar-refractivity contribution in [1.29, 1.82) is 0 Å². The summed E-state index contributed by atoms with van der Waals surface area (Å²) in [4.78, 5) is 23.7. The molecule has 0 saturated heterocycles. The molecule has 0 heterocycles. The van der Waals surface area contributed by atoms with E-state index in [9.17, 15) is 9.59 Å². The van der Waals surface area contributed by atoms with Crippen LogP contribution in [0, 0.1) is 0 Å². The molecule has 0 aliphatic rings. The Morgan fingerprint density at radius 3 is 2.39 bits per heavy atom. The van der Waals surface area contributed by atoms with E-state index < -0.39 is 0 Å². The normalized spacial score (nSPS) is 10.4. The number of nitrogens with one attached hydrogen (secondary N) is 2. The van der Waals surface area contributed by atoms with Gasteiger partial charge in [-0.05, 0) is 29.2 Å². The lowest BCUT2D eigenvalue weighted by Crippen LogP contribution is -2.33. The Labute approximate surface area is 136 Å². The highest BCUT2D eigenvalue weighted by Crippen LogP contribution is 2.18. The molecule has 0 spiro atoms. The minimum absolute atomic E-state index is 0.0302. The molecule has 0 atom stereocenters. The molecule has 2 rings (SSSR count). The van der Waals surface area contributed by atoms with Gasteiger partial charge in [0.2, 0.25) is 11.8 Å². The molecule has 0 unspecified atom stereocenters. The quantitative estimate of drug-likeness (QED) is 0.861. The number of benzene rings is 2. The lowest BCUT2D eigenvalue weighted by molar-refractivity contribution is -0.123. The van der Waals surface area contributed by atoms with Gasteiger partial charge in [-0.25, -0.2) is 0 Å². The van der Waals surface area contributed by atoms with E-state index in [1.807, 2.05) is 54.6 Å². The van der Waals surface area contributed by atoms with Crippen LogP contribution in [0.5, 0.6) is 0 Å². The Morgan fingerprint density at radius 2 is 1.70 bits per heavy atom. The summed E-state index contributed by atoms with van der Waals surface area (Å²) >= 11 is 0. The van der Waals surface area contributed by atoms with Gasteiger partial charge >= 0.3 is 0 Å². The predicted molar refractivity (Wildman–Crippen MR) is 92.3 cm³/mol. The Balaban J connectivity index is 1.81. The summed E-state index contributed by atoms with van der Waals surface area (Å²) in [6.45, 7) is 4.17. The molecular weight excluding hydrogens is 288 g/mol. The molecule has 4 nitrogen and oxygen atoms in total. The first-order chi connectivity index (χ1) is 11.0. The summed E-state index contributed by atoms with van der Waals surface area (Å²) < 4.78 is 0. The number of carbonyl (C=O) groups is 2. The van der Waals surface area contributed by atoms with Crippen LogP contribution in [0.25, 0.3) is 0 Å². The smallest absolute Gasteiger partial charge is 0.243 e. The standard InChI is InChI=1S/C19H22N2O2/c1-14(2)16-9-6-10-17(12-16)21-19(23)13-20-18(22)11-15-7-4-3-5-8-15/h3-10,12,14H,11,13H2,1-2H3,(H,20,22)(H,21,23). The Hall–Kier alpha value is -2.62. The molecule has 0 aliphatic carbocycles. The fourth-order valence-electron chi connectivity index (χ4n) is 2.20. The molecule has 2 N–H and O–H groups in total. The maximum atomic E-state index is 11.9. The van der Waals surface area contributed by atoms with E-state index in [1.165, 1.54) is 0 Å². The van der Waals surface area contributed by atoms with Gasteiger partial charge in [-0.3, -0.25) is 9.59 Å². The molecule has 23 heavy (non-hydrogen) atoms. The second kappa shape index (κ2) is 8.13. The van der Waals surface area contributed by atoms with Gasteiger partial charge in [-0.1, -0.05) is 56.3 Å². The van der Waals surface area contributed by atoms with E-state index in [-0.39, 0.29) is 24.8 Å². The predicted octanol–water partition coefficient (Wildman–Crippen LogP) is 3.11. The molecule has 0 aliphatic heterocycles. The highest BCUT2D eigenvalue weighted by Gasteiger charge is 2.07. The zero-order valence-corrected chi connectivity index (χ0v) is 13.5. The Morgan fingerprint density at radius 1 is 0.957 bits per heavy atom. The van der Waals surface area contributed by atoms with Crippen LogP contribution in [0.2, 0.25) is 0 Å². The fourth-order valence-corrected chi connectivity index (χ4v) is 2.20. The van der Waals surface area contributed by atoms with Gasteiger partial charge in [0, 0.05) is 5.69 Å². The molecule has 2 amide bonds. The summed E-state index contributed by atoms with van der Waals surface area (Å²) in [5.41, 5.74) is 2.84. The van der Waals surface area contributed by atoms with Crippen molar-refractivity contribution < 1.29 is 9.59 Å². The third kappa shape index (κ3) is 5.58. The molecular formula is C19H22N2O2. The molecule has 120 valence electrons. The molecule has 4 heteroatoms. The first kappa shape index (κ1) is 16.7. The zero-order chi connectivity index (χ0) is 16.7. The van der Waals surface area contributed by atoms with Gasteiger partial charge < -0.3 is 10.6 Å². The van der Waals surface area contributed by atoms with Crippen molar-refractivity contribution in [3.05, 3.63) is 65.7 Å². The average molecular weight is 310 g/mol. The van der Waals surface area contributed by atoms with E-state index in [0.717, 1.165) is 16.8 Å². The van der Waals surface area contributed by atoms with Crippen LogP contribution in [0.15, 0.2) is 54.6 Å². The SMILES string of the molecule is CC(C)c1cccc(NC(=O)CNC(=O)Cc2ccccc2)c1. The zero-order valence-electron chi connectivity index (χ0n) is 13.5. The van der Waals surface area contributed by atoms with E-state index in [2.05, 4.69) is 24.5 Å². The van der Waals surface area contributed by atoms with Crippen LogP contribution in [0.1, 0.15) is 30.9 Å². The van der Waals surface area contributed by atoms with Gasteiger partial charge in [0.25, 0.3) is 0 Å². The van der Waals surface area contributed by atoms with E-state index in [0.29, 0.717) is 5.92 Å². The van der Waals surface area contributed by atoms with Crippen LogP contribution >= 0.6 is 0 Å². The van der Waals surface area contributed by atoms with Crippen molar-refractivity contribution in [2.75, 3.05) is 11.9 Å². The monoisotopic (exact) mass is 310 g/mol. The lowest BCUT2D eigenvalue weighted by atomic mass is 10.0. The second-order valence-corrected chi connectivity index (χ2v) is 5.77. The van der Waals surface area contributed by atoms with Gasteiger partial charge in [0.05, 0.1) is 13.0 Å². The summed E-state index contributed by atoms with van der Waals surface area (Å²) in [5, 5.41) is 5.44. The number of hydrogen-bond donors (Lipinski definition) is 2. The van der Waals surface area contributed by atoms with Gasteiger partial charge in [0.1, 0.15) is 0 Å². The third-order valence-corrected chi connectivity index (χ3v) is 3.49. The van der Waals surface area contributed by atoms with E-state index in [1.54, 1.807) is 0 Å². The van der Waals surface area contributed by atoms with Gasteiger partial charge in [-0.15, -0.1) is 0 Å². The highest BCUT2D eigenvalue weighted by molar-refractivity contribution is 5.94. The lowest BCUT2D eigenvalue weighted by Gasteiger charge is -2.10. The van der Waals surface area contributed by atoms with Crippen molar-refractivity contribution in [2.45, 2.75) is 26.2 Å². The fraction of sp³-hybridized carbons (Fsp3) is 0.263. The van der Waals surface area contributed by atoms with Crippen molar-refractivity contribution in [3.63, 3.8) is 0 Å². The van der Waals surface area contributed by atoms with E-state index in [4.69, 9.17) is 0 Å². The minimum Gasteiger partial charge on any atom is -0.347 e. The number of rotatable bonds is 6. The Kier molecular flexibility index (Phi) is 5.92. The summed E-state index contributed by atoms with van der Waals surface area (Å²) in [6, 6.07) is 17.2. The molecule has 0 fully saturated rings. The largest absolute Gasteiger partial charge is 0.347 e. The summed E-state index contributed by atoms with van der Waals surface area (Å²) in [5.74, 6) is 0.00651. The van der Waals surface area contributed by atoms with Crippen molar-refractivity contribution >= 4 is 17.5 Å². The minimum atomic E-state index is -0.229. The number of hydrogen-bond acceptors (Lipinski definition) is 2. The first-order valence-corrected chi connectivity index (χ1v) is 7.75. The molecule has 0 bridgehead atoms. The summed E-state index contributed by atoms with van der Waals surface area (Å²) in [6.07, 6.45) is 0.275. The topological polar surface area (TPSA) is 58.2 Å². The van der Waals surface area contributed by atoms with E-state index >= 15 is 0 Å². The average Bonchev–Trinajstić information content (AvgIpc) is 2.54. The molecule has 0 aromatic heterocycles. The molecule has 0 saturated carbocycles. The van der Waals surface area contributed by atoms with Crippen LogP contribution < -0.4 is 10.6 Å². The van der Waals surface area contributed by atoms with Crippen LogP contribution in [0.3, 0.4) is 0 Å².